The smallest absolute Gasteiger partial charge is 0.0486 e. The molecule has 0 N–H and O–H groups in total. The molecule has 0 bridgehead atoms. The van der Waals surface area contributed by atoms with Crippen LogP contribution >= 0.6 is 0 Å². The number of hydrogen-bond donors (Lipinski definition) is 0. The van der Waals surface area contributed by atoms with Gasteiger partial charge < -0.3 is 4.57 Å². The molecule has 0 aliphatic heterocycles. The first kappa shape index (κ1) is 14.6. The minimum atomic E-state index is 1.01. The summed E-state index contributed by atoms with van der Waals surface area (Å²) in [6.07, 6.45) is 11.9. The molecule has 0 saturated heterocycles. The molecular formula is C21H19N3. The van der Waals surface area contributed by atoms with Gasteiger partial charge in [0.25, 0.3) is 0 Å². The first-order valence-electron chi connectivity index (χ1n) is 8.29. The number of aromatic nitrogens is 3. The molecule has 0 spiro atoms. The van der Waals surface area contributed by atoms with E-state index in [1.807, 2.05) is 24.8 Å². The van der Waals surface area contributed by atoms with Crippen LogP contribution in [-0.2, 0) is 13.0 Å². The van der Waals surface area contributed by atoms with Gasteiger partial charge in [-0.3, -0.25) is 9.97 Å². The van der Waals surface area contributed by atoms with Crippen LogP contribution in [0.2, 0.25) is 0 Å². The third-order valence-electron chi connectivity index (χ3n) is 4.39. The van der Waals surface area contributed by atoms with E-state index in [1.165, 1.54) is 27.6 Å². The van der Waals surface area contributed by atoms with E-state index in [0.717, 1.165) is 19.4 Å². The molecule has 118 valence electrons. The molecular weight excluding hydrogens is 294 g/mol. The number of hydrogen-bond acceptors (Lipinski definition) is 2. The van der Waals surface area contributed by atoms with Gasteiger partial charge in [-0.1, -0.05) is 18.2 Å². The lowest BCUT2D eigenvalue weighted by Gasteiger charge is -2.05. The van der Waals surface area contributed by atoms with Gasteiger partial charge in [0.15, 0.2) is 0 Å². The minimum Gasteiger partial charge on any atom is -0.347 e. The number of benzene rings is 1. The summed E-state index contributed by atoms with van der Waals surface area (Å²) in [6.45, 7) is 1.01. The van der Waals surface area contributed by atoms with Crippen molar-refractivity contribution in [2.45, 2.75) is 19.4 Å². The number of rotatable bonds is 5. The van der Waals surface area contributed by atoms with E-state index in [4.69, 9.17) is 0 Å². The lowest BCUT2D eigenvalue weighted by Crippen LogP contribution is -1.98. The van der Waals surface area contributed by atoms with Crippen molar-refractivity contribution in [3.63, 3.8) is 0 Å². The van der Waals surface area contributed by atoms with Crippen LogP contribution in [0.1, 0.15) is 12.0 Å². The largest absolute Gasteiger partial charge is 0.347 e. The number of para-hydroxylation sites is 1. The Bertz CT molecular complexity index is 927. The Labute approximate surface area is 141 Å². The predicted octanol–water partition coefficient (Wildman–Crippen LogP) is 4.73. The van der Waals surface area contributed by atoms with E-state index in [-0.39, 0.29) is 0 Å². The molecule has 24 heavy (non-hydrogen) atoms. The maximum atomic E-state index is 4.13. The van der Waals surface area contributed by atoms with Crippen molar-refractivity contribution in [2.24, 2.45) is 0 Å². The molecule has 4 aromatic rings. The zero-order valence-electron chi connectivity index (χ0n) is 13.5. The molecule has 3 aromatic heterocycles. The summed E-state index contributed by atoms with van der Waals surface area (Å²) in [5, 5.41) is 1.30. The Morgan fingerprint density at radius 2 is 1.50 bits per heavy atom. The molecule has 0 fully saturated rings. The van der Waals surface area contributed by atoms with Crippen molar-refractivity contribution in [2.75, 3.05) is 0 Å². The van der Waals surface area contributed by atoms with Crippen LogP contribution in [0, 0.1) is 0 Å². The van der Waals surface area contributed by atoms with E-state index >= 15 is 0 Å². The average Bonchev–Trinajstić information content (AvgIpc) is 3.02. The molecule has 1 aromatic carbocycles. The van der Waals surface area contributed by atoms with Crippen molar-refractivity contribution < 1.29 is 0 Å². The molecule has 0 radical (unpaired) electrons. The molecule has 0 amide bonds. The zero-order valence-corrected chi connectivity index (χ0v) is 13.5. The molecule has 3 heteroatoms. The molecule has 0 atom stereocenters. The Morgan fingerprint density at radius 3 is 2.29 bits per heavy atom. The summed E-state index contributed by atoms with van der Waals surface area (Å²) in [7, 11) is 0. The Balaban J connectivity index is 1.61. The summed E-state index contributed by atoms with van der Waals surface area (Å²) in [6, 6.07) is 16.9. The summed E-state index contributed by atoms with van der Waals surface area (Å²) >= 11 is 0. The summed E-state index contributed by atoms with van der Waals surface area (Å²) in [5.74, 6) is 0. The SMILES string of the molecule is c1ccc2c(c1)c(-c1ccncc1)cn2CCCc1ccncc1. The van der Waals surface area contributed by atoms with Gasteiger partial charge in [-0.25, -0.2) is 0 Å². The predicted molar refractivity (Wildman–Crippen MR) is 97.7 cm³/mol. The van der Waals surface area contributed by atoms with Gasteiger partial charge in [-0.15, -0.1) is 0 Å². The quantitative estimate of drug-likeness (QED) is 0.533. The highest BCUT2D eigenvalue weighted by atomic mass is 15.0. The third-order valence-corrected chi connectivity index (χ3v) is 4.39. The molecule has 0 aliphatic rings. The van der Waals surface area contributed by atoms with Crippen LogP contribution in [0.4, 0.5) is 0 Å². The Hall–Kier alpha value is -2.94. The normalized spacial score (nSPS) is 11.0. The van der Waals surface area contributed by atoms with Crippen molar-refractivity contribution >= 4 is 10.9 Å². The van der Waals surface area contributed by atoms with E-state index < -0.39 is 0 Å². The summed E-state index contributed by atoms with van der Waals surface area (Å²) < 4.78 is 2.37. The van der Waals surface area contributed by atoms with Crippen molar-refractivity contribution in [3.05, 3.63) is 85.1 Å². The number of aryl methyl sites for hydroxylation is 2. The van der Waals surface area contributed by atoms with Gasteiger partial charge in [0.2, 0.25) is 0 Å². The van der Waals surface area contributed by atoms with Gasteiger partial charge in [-0.2, -0.15) is 0 Å². The zero-order chi connectivity index (χ0) is 16.2. The van der Waals surface area contributed by atoms with Crippen LogP contribution in [0.5, 0.6) is 0 Å². The first-order chi connectivity index (χ1) is 11.9. The van der Waals surface area contributed by atoms with Crippen LogP contribution < -0.4 is 0 Å². The van der Waals surface area contributed by atoms with Crippen LogP contribution in [0.3, 0.4) is 0 Å². The summed E-state index contributed by atoms with van der Waals surface area (Å²) in [5.41, 5.74) is 5.13. The highest BCUT2D eigenvalue weighted by molar-refractivity contribution is 5.95. The maximum Gasteiger partial charge on any atom is 0.0486 e. The molecule has 0 saturated carbocycles. The monoisotopic (exact) mass is 313 g/mol. The number of pyridine rings is 2. The molecule has 3 heterocycles. The second-order valence-electron chi connectivity index (χ2n) is 5.95. The third kappa shape index (κ3) is 2.93. The van der Waals surface area contributed by atoms with E-state index in [1.54, 1.807) is 0 Å². The van der Waals surface area contributed by atoms with Gasteiger partial charge in [-0.05, 0) is 54.3 Å². The van der Waals surface area contributed by atoms with Crippen LogP contribution in [0.25, 0.3) is 22.0 Å². The standard InChI is InChI=1S/C21H19N3/c1-2-6-21-19(5-1)20(18-9-13-23-14-10-18)16-24(21)15-3-4-17-7-11-22-12-8-17/h1-2,5-14,16H,3-4,15H2. The highest BCUT2D eigenvalue weighted by Gasteiger charge is 2.09. The van der Waals surface area contributed by atoms with Gasteiger partial charge in [0.1, 0.15) is 0 Å². The Kier molecular flexibility index (Phi) is 4.07. The topological polar surface area (TPSA) is 30.7 Å². The molecule has 0 aliphatic carbocycles. The fourth-order valence-corrected chi connectivity index (χ4v) is 3.20. The molecule has 3 nitrogen and oxygen atoms in total. The lowest BCUT2D eigenvalue weighted by molar-refractivity contribution is 0.662. The van der Waals surface area contributed by atoms with Crippen molar-refractivity contribution in [3.8, 4) is 11.1 Å². The van der Waals surface area contributed by atoms with E-state index in [9.17, 15) is 0 Å². The molecule has 0 unspecified atom stereocenters. The molecule has 4 rings (SSSR count). The fourth-order valence-electron chi connectivity index (χ4n) is 3.20. The number of nitrogens with zero attached hydrogens (tertiary/aromatic N) is 3. The fraction of sp³-hybridized carbons (Fsp3) is 0.143. The van der Waals surface area contributed by atoms with Gasteiger partial charge >= 0.3 is 0 Å². The average molecular weight is 313 g/mol. The van der Waals surface area contributed by atoms with E-state index in [0.29, 0.717) is 0 Å². The second kappa shape index (κ2) is 6.67. The van der Waals surface area contributed by atoms with Crippen LogP contribution in [0.15, 0.2) is 79.5 Å². The van der Waals surface area contributed by atoms with Crippen LogP contribution in [-0.4, -0.2) is 14.5 Å². The highest BCUT2D eigenvalue weighted by Crippen LogP contribution is 2.30. The lowest BCUT2D eigenvalue weighted by atomic mass is 10.1. The van der Waals surface area contributed by atoms with Gasteiger partial charge in [0, 0.05) is 54.0 Å². The maximum absolute atomic E-state index is 4.13. The number of fused-ring (bicyclic) bond motifs is 1. The Morgan fingerprint density at radius 1 is 0.792 bits per heavy atom. The van der Waals surface area contributed by atoms with E-state index in [2.05, 4.69) is 69.3 Å². The minimum absolute atomic E-state index is 1.01. The summed E-state index contributed by atoms with van der Waals surface area (Å²) in [4.78, 5) is 8.21. The van der Waals surface area contributed by atoms with Crippen molar-refractivity contribution in [1.82, 2.24) is 14.5 Å². The van der Waals surface area contributed by atoms with Crippen molar-refractivity contribution in [1.29, 1.82) is 0 Å². The first-order valence-corrected chi connectivity index (χ1v) is 8.29. The van der Waals surface area contributed by atoms with Gasteiger partial charge in [0.05, 0.1) is 0 Å². The second-order valence-corrected chi connectivity index (χ2v) is 5.95.